The van der Waals surface area contributed by atoms with Gasteiger partial charge in [-0.25, -0.2) is 0 Å². The summed E-state index contributed by atoms with van der Waals surface area (Å²) in [7, 11) is 0. The van der Waals surface area contributed by atoms with Crippen LogP contribution in [0.3, 0.4) is 0 Å². The molecular formula is C5H19N5. The first-order valence-corrected chi connectivity index (χ1v) is 1.14. The van der Waals surface area contributed by atoms with E-state index in [4.69, 9.17) is 5.53 Å². The van der Waals surface area contributed by atoms with Crippen molar-refractivity contribution in [1.29, 1.82) is 5.53 Å². The zero-order valence-electron chi connectivity index (χ0n) is 3.00. The zero-order chi connectivity index (χ0) is 4.83. The van der Waals surface area contributed by atoms with Gasteiger partial charge in [0.05, 0.1) is 0 Å². The Bertz CT molecular complexity index is 68.1. The van der Waals surface area contributed by atoms with E-state index in [1.165, 1.54) is 0 Å². The number of rotatable bonds is 2. The molecule has 0 aliphatic rings. The molecule has 0 aromatic carbocycles. The smallest absolute Gasteiger partial charge is 0.0151 e. The first-order valence-electron chi connectivity index (χ1n) is 1.14. The van der Waals surface area contributed by atoms with E-state index in [1.807, 2.05) is 0 Å². The highest BCUT2D eigenvalue weighted by Crippen LogP contribution is 1.70. The van der Waals surface area contributed by atoms with Gasteiger partial charge in [0.1, 0.15) is 0 Å². The van der Waals surface area contributed by atoms with Crippen LogP contribution >= 0.6 is 0 Å². The van der Waals surface area contributed by atoms with Crippen LogP contribution in [0.25, 0.3) is 0 Å². The minimum Gasteiger partial charge on any atom is -0.183 e. The van der Waals surface area contributed by atoms with Crippen molar-refractivity contribution in [2.45, 2.75) is 29.7 Å². The lowest BCUT2D eigenvalue weighted by Crippen LogP contribution is -1.38. The minimum atomic E-state index is 0. The van der Waals surface area contributed by atoms with Crippen molar-refractivity contribution >= 4 is 6.72 Å². The normalized spacial score (nSPS) is 5.20. The van der Waals surface area contributed by atoms with Gasteiger partial charge >= 0.3 is 0 Å². The molecule has 0 spiro atoms. The summed E-state index contributed by atoms with van der Waals surface area (Å²) in [4.78, 5) is 0. The van der Waals surface area contributed by atoms with E-state index in [1.54, 1.807) is 0 Å². The molecule has 5 heteroatoms. The Hall–Kier alpha value is -1.13. The number of nitrogens with one attached hydrogen (secondary N) is 1. The molecule has 0 amide bonds. The quantitative estimate of drug-likeness (QED) is 0.354. The molecule has 0 aliphatic carbocycles. The van der Waals surface area contributed by atoms with E-state index in [0.29, 0.717) is 0 Å². The third-order valence-corrected chi connectivity index (χ3v) is 0.148. The molecule has 1 N–H and O–H groups in total. The maximum Gasteiger partial charge on any atom is 0.0151 e. The molecule has 0 atom stereocenters. The summed E-state index contributed by atoms with van der Waals surface area (Å²) < 4.78 is 0. The molecular weight excluding hydrogens is 130 g/mol. The molecule has 0 aromatic rings. The molecule has 0 rings (SSSR count). The lowest BCUT2D eigenvalue weighted by Gasteiger charge is -1.58. The molecule has 5 nitrogen and oxygen atoms in total. The fourth-order valence-corrected chi connectivity index (χ4v) is 0.0483. The molecule has 0 unspecified atom stereocenters. The Labute approximate surface area is 63.7 Å². The minimum absolute atomic E-state index is 0. The lowest BCUT2D eigenvalue weighted by molar-refractivity contribution is 0.863. The van der Waals surface area contributed by atoms with E-state index >= 15 is 0 Å². The third-order valence-electron chi connectivity index (χ3n) is 0.148. The molecule has 0 aliphatic heterocycles. The Morgan fingerprint density at radius 3 is 1.40 bits per heavy atom. The maximum absolute atomic E-state index is 5.98. The Morgan fingerprint density at radius 2 is 1.30 bits per heavy atom. The van der Waals surface area contributed by atoms with Gasteiger partial charge in [0.25, 0.3) is 0 Å². The maximum atomic E-state index is 5.98. The molecule has 0 aromatic heterocycles. The highest BCUT2D eigenvalue weighted by atomic mass is 15.5. The van der Waals surface area contributed by atoms with Crippen molar-refractivity contribution in [3.05, 3.63) is 0 Å². The molecule has 0 saturated heterocycles. The summed E-state index contributed by atoms with van der Waals surface area (Å²) in [6.45, 7) is 2.94. The first-order chi connectivity index (χ1) is 2.91. The van der Waals surface area contributed by atoms with Gasteiger partial charge in [-0.15, -0.1) is 5.10 Å². The molecule has 0 radical (unpaired) electrons. The highest BCUT2D eigenvalue weighted by molar-refractivity contribution is 5.22. The van der Waals surface area contributed by atoms with Gasteiger partial charge in [0.15, 0.2) is 0 Å². The predicted octanol–water partition coefficient (Wildman–Crippen LogP) is 3.54. The van der Waals surface area contributed by atoms with Crippen molar-refractivity contribution in [2.24, 2.45) is 20.8 Å². The fraction of sp³-hybridized carbons (Fsp3) is 0.800. The second-order valence-electron chi connectivity index (χ2n) is 0.420. The zero-order valence-corrected chi connectivity index (χ0v) is 3.00. The Morgan fingerprint density at radius 1 is 0.900 bits per heavy atom. The largest absolute Gasteiger partial charge is 0.183 e. The Balaban J connectivity index is -0.0000000208. The molecule has 64 valence electrons. The second-order valence-corrected chi connectivity index (χ2v) is 0.420. The van der Waals surface area contributed by atoms with Crippen molar-refractivity contribution in [3.63, 3.8) is 0 Å². The molecule has 10 heavy (non-hydrogen) atoms. The van der Waals surface area contributed by atoms with Gasteiger partial charge < -0.3 is 0 Å². The summed E-state index contributed by atoms with van der Waals surface area (Å²) in [5.74, 6) is 0. The van der Waals surface area contributed by atoms with Gasteiger partial charge in [-0.1, -0.05) is 29.7 Å². The SMILES string of the molecule is C.C.C.C.C=N/N=N/N=N. The predicted molar refractivity (Wildman–Crippen MR) is 46.5 cm³/mol. The summed E-state index contributed by atoms with van der Waals surface area (Å²) in [6.07, 6.45) is 0. The van der Waals surface area contributed by atoms with Gasteiger partial charge in [-0.2, -0.15) is 5.53 Å². The summed E-state index contributed by atoms with van der Waals surface area (Å²) in [5, 5.41) is 11.1. The van der Waals surface area contributed by atoms with Crippen molar-refractivity contribution < 1.29 is 0 Å². The lowest BCUT2D eigenvalue weighted by atomic mass is 11.7. The van der Waals surface area contributed by atoms with Crippen LogP contribution in [0.4, 0.5) is 0 Å². The fourth-order valence-electron chi connectivity index (χ4n) is 0.0483. The monoisotopic (exact) mass is 149 g/mol. The van der Waals surface area contributed by atoms with Crippen LogP contribution < -0.4 is 0 Å². The number of nitrogens with zero attached hydrogens (tertiary/aromatic N) is 4. The van der Waals surface area contributed by atoms with Gasteiger partial charge in [-0.3, -0.25) is 0 Å². The standard InChI is InChI=1S/CH3N5.4CH4/c1-3-5-6-4-2;;;;/h2H,1H2;4*1H4/b4-2?,6-5+;;;;. The van der Waals surface area contributed by atoms with Gasteiger partial charge in [-0.05, 0) is 15.7 Å². The van der Waals surface area contributed by atoms with Crippen molar-refractivity contribution in [3.8, 4) is 0 Å². The van der Waals surface area contributed by atoms with Crippen LogP contribution in [-0.2, 0) is 0 Å². The first kappa shape index (κ1) is 36.7. The van der Waals surface area contributed by atoms with Crippen LogP contribution in [0.5, 0.6) is 0 Å². The molecule has 0 heterocycles. The number of hydrogen-bond acceptors (Lipinski definition) is 2. The van der Waals surface area contributed by atoms with Gasteiger partial charge in [0, 0.05) is 6.72 Å². The van der Waals surface area contributed by atoms with Crippen LogP contribution in [0, 0.1) is 5.53 Å². The van der Waals surface area contributed by atoms with Crippen LogP contribution in [0.15, 0.2) is 20.8 Å². The van der Waals surface area contributed by atoms with Gasteiger partial charge in [0.2, 0.25) is 0 Å². The average Bonchev–Trinajstić information content (AvgIpc) is 1.61. The molecule has 0 saturated carbocycles. The average molecular weight is 149 g/mol. The third kappa shape index (κ3) is 67.7. The Kier molecular flexibility index (Phi) is 165. The molecule has 0 bridgehead atoms. The molecule has 0 fully saturated rings. The highest BCUT2D eigenvalue weighted by Gasteiger charge is 1.49. The topological polar surface area (TPSA) is 73.3 Å². The summed E-state index contributed by atoms with van der Waals surface area (Å²) >= 11 is 0. The second kappa shape index (κ2) is 45.1. The van der Waals surface area contributed by atoms with E-state index in [-0.39, 0.29) is 29.7 Å². The van der Waals surface area contributed by atoms with Crippen molar-refractivity contribution in [1.82, 2.24) is 0 Å². The summed E-state index contributed by atoms with van der Waals surface area (Å²) in [6, 6.07) is 0. The van der Waals surface area contributed by atoms with E-state index in [9.17, 15) is 0 Å². The number of hydrogen-bond donors (Lipinski definition) is 1. The summed E-state index contributed by atoms with van der Waals surface area (Å²) in [5.41, 5.74) is 5.98. The van der Waals surface area contributed by atoms with Crippen molar-refractivity contribution in [2.75, 3.05) is 0 Å². The van der Waals surface area contributed by atoms with E-state index in [2.05, 4.69) is 27.5 Å². The van der Waals surface area contributed by atoms with E-state index in [0.717, 1.165) is 0 Å². The van der Waals surface area contributed by atoms with E-state index < -0.39 is 0 Å². The van der Waals surface area contributed by atoms with Crippen LogP contribution in [0.2, 0.25) is 0 Å². The van der Waals surface area contributed by atoms with Crippen LogP contribution in [-0.4, -0.2) is 6.72 Å². The van der Waals surface area contributed by atoms with Crippen LogP contribution in [0.1, 0.15) is 29.7 Å².